The number of rotatable bonds is 5. The predicted molar refractivity (Wildman–Crippen MR) is 118 cm³/mol. The maximum absolute atomic E-state index is 13.6. The van der Waals surface area contributed by atoms with Crippen LogP contribution >= 0.6 is 0 Å². The highest BCUT2D eigenvalue weighted by Crippen LogP contribution is 2.27. The molecule has 1 aliphatic rings. The quantitative estimate of drug-likeness (QED) is 0.504. The van der Waals surface area contributed by atoms with Crippen molar-refractivity contribution in [1.82, 2.24) is 24.1 Å². The molecule has 1 aliphatic heterocycles. The van der Waals surface area contributed by atoms with Crippen LogP contribution in [0.3, 0.4) is 0 Å². The molecule has 0 bridgehead atoms. The molecule has 0 aliphatic carbocycles. The second-order valence-corrected chi connectivity index (χ2v) is 8.63. The maximum Gasteiger partial charge on any atom is 0.265 e. The fourth-order valence-corrected chi connectivity index (χ4v) is 4.31. The average molecular weight is 406 g/mol. The summed E-state index contributed by atoms with van der Waals surface area (Å²) >= 11 is 0. The Morgan fingerprint density at radius 1 is 1.10 bits per heavy atom. The smallest absolute Gasteiger partial charge is 0.265 e. The molecule has 4 heterocycles. The second-order valence-electron chi connectivity index (χ2n) is 8.63. The Morgan fingerprint density at radius 2 is 1.87 bits per heavy atom. The molecule has 1 atom stereocenters. The van der Waals surface area contributed by atoms with Gasteiger partial charge in [-0.1, -0.05) is 26.0 Å². The standard InChI is InChI=1S/C23H27N5O2/c1-14(2)10-11-27-15(3)24-21-19(23(27)29)20-22(28(21)13-16-7-6-12-30-16)26-18-9-5-4-8-17(18)25-20/h4-5,8-9,14,16H,6-7,10-13H2,1-3H3/t16-/m1/s1. The Hall–Kier alpha value is -2.80. The number of fused-ring (bicyclic) bond motifs is 4. The van der Waals surface area contributed by atoms with Crippen LogP contribution in [-0.2, 0) is 17.8 Å². The van der Waals surface area contributed by atoms with Gasteiger partial charge in [-0.15, -0.1) is 0 Å². The molecule has 3 aromatic heterocycles. The first-order valence-corrected chi connectivity index (χ1v) is 10.8. The molecule has 0 N–H and O–H groups in total. The van der Waals surface area contributed by atoms with Gasteiger partial charge in [-0.05, 0) is 44.2 Å². The molecule has 1 fully saturated rings. The zero-order chi connectivity index (χ0) is 20.8. The first-order chi connectivity index (χ1) is 14.5. The van der Waals surface area contributed by atoms with E-state index in [1.807, 2.05) is 35.8 Å². The number of para-hydroxylation sites is 2. The Labute approximate surface area is 174 Å². The van der Waals surface area contributed by atoms with E-state index >= 15 is 0 Å². The highest BCUT2D eigenvalue weighted by Gasteiger charge is 2.24. The molecule has 0 radical (unpaired) electrons. The maximum atomic E-state index is 13.6. The Bertz CT molecular complexity index is 1300. The zero-order valence-corrected chi connectivity index (χ0v) is 17.8. The monoisotopic (exact) mass is 405 g/mol. The van der Waals surface area contributed by atoms with Crippen molar-refractivity contribution < 1.29 is 4.74 Å². The fraction of sp³-hybridized carbons (Fsp3) is 0.478. The van der Waals surface area contributed by atoms with E-state index in [0.29, 0.717) is 41.2 Å². The predicted octanol–water partition coefficient (Wildman–Crippen LogP) is 3.83. The highest BCUT2D eigenvalue weighted by atomic mass is 16.5. The molecule has 1 saturated heterocycles. The molecule has 5 rings (SSSR count). The van der Waals surface area contributed by atoms with Crippen molar-refractivity contribution in [1.29, 1.82) is 0 Å². The average Bonchev–Trinajstić information content (AvgIpc) is 3.33. The lowest BCUT2D eigenvalue weighted by molar-refractivity contribution is 0.0986. The molecule has 0 amide bonds. The van der Waals surface area contributed by atoms with E-state index in [0.717, 1.165) is 42.7 Å². The third-order valence-corrected chi connectivity index (χ3v) is 5.98. The number of ether oxygens (including phenoxy) is 1. The molecular weight excluding hydrogens is 378 g/mol. The fourth-order valence-electron chi connectivity index (χ4n) is 4.31. The highest BCUT2D eigenvalue weighted by molar-refractivity contribution is 6.04. The van der Waals surface area contributed by atoms with Crippen molar-refractivity contribution in [2.75, 3.05) is 6.61 Å². The Balaban J connectivity index is 1.80. The van der Waals surface area contributed by atoms with Crippen LogP contribution in [0.4, 0.5) is 0 Å². The summed E-state index contributed by atoms with van der Waals surface area (Å²) in [5, 5.41) is 0.565. The molecule has 0 spiro atoms. The summed E-state index contributed by atoms with van der Waals surface area (Å²) < 4.78 is 9.71. The van der Waals surface area contributed by atoms with Crippen LogP contribution in [0.15, 0.2) is 29.1 Å². The number of aryl methyl sites for hydroxylation is 1. The van der Waals surface area contributed by atoms with Crippen molar-refractivity contribution in [3.63, 3.8) is 0 Å². The molecule has 4 aromatic rings. The summed E-state index contributed by atoms with van der Waals surface area (Å²) in [6, 6.07) is 7.79. The Morgan fingerprint density at radius 3 is 2.57 bits per heavy atom. The van der Waals surface area contributed by atoms with Crippen molar-refractivity contribution >= 4 is 33.2 Å². The molecule has 0 saturated carbocycles. The van der Waals surface area contributed by atoms with Crippen molar-refractivity contribution in [2.45, 2.75) is 59.2 Å². The van der Waals surface area contributed by atoms with Crippen LogP contribution < -0.4 is 5.56 Å². The summed E-state index contributed by atoms with van der Waals surface area (Å²) in [5.74, 6) is 1.24. The van der Waals surface area contributed by atoms with Crippen LogP contribution in [-0.4, -0.2) is 36.8 Å². The summed E-state index contributed by atoms with van der Waals surface area (Å²) in [7, 11) is 0. The second kappa shape index (κ2) is 7.47. The molecule has 7 heteroatoms. The van der Waals surface area contributed by atoms with Crippen molar-refractivity contribution in [2.24, 2.45) is 5.92 Å². The summed E-state index contributed by atoms with van der Waals surface area (Å²) in [6.07, 6.45) is 3.11. The van der Waals surface area contributed by atoms with Gasteiger partial charge in [-0.2, -0.15) is 0 Å². The van der Waals surface area contributed by atoms with Gasteiger partial charge in [0.25, 0.3) is 5.56 Å². The minimum Gasteiger partial charge on any atom is -0.376 e. The van der Waals surface area contributed by atoms with Gasteiger partial charge >= 0.3 is 0 Å². The van der Waals surface area contributed by atoms with Crippen molar-refractivity contribution in [3.05, 3.63) is 40.4 Å². The molecule has 156 valence electrons. The van der Waals surface area contributed by atoms with Gasteiger partial charge in [0.15, 0.2) is 11.3 Å². The lowest BCUT2D eigenvalue weighted by atomic mass is 10.1. The third kappa shape index (κ3) is 3.17. The lowest BCUT2D eigenvalue weighted by Crippen LogP contribution is -2.25. The molecule has 30 heavy (non-hydrogen) atoms. The SMILES string of the molecule is Cc1nc2c(c(=O)n1CCC(C)C)c1nc3ccccc3nc1n2C[C@H]1CCCO1. The van der Waals surface area contributed by atoms with E-state index in [9.17, 15) is 4.79 Å². The lowest BCUT2D eigenvalue weighted by Gasteiger charge is -2.14. The number of aromatic nitrogens is 5. The summed E-state index contributed by atoms with van der Waals surface area (Å²) in [4.78, 5) is 28.2. The van der Waals surface area contributed by atoms with Crippen LogP contribution in [0.25, 0.3) is 33.2 Å². The van der Waals surface area contributed by atoms with E-state index < -0.39 is 0 Å². The number of hydrogen-bond donors (Lipinski definition) is 0. The topological polar surface area (TPSA) is 74.8 Å². The minimum absolute atomic E-state index is 0.0289. The van der Waals surface area contributed by atoms with E-state index in [1.165, 1.54) is 0 Å². The first-order valence-electron chi connectivity index (χ1n) is 10.8. The molecule has 1 aromatic carbocycles. The van der Waals surface area contributed by atoms with Gasteiger partial charge < -0.3 is 9.30 Å². The summed E-state index contributed by atoms with van der Waals surface area (Å²) in [6.45, 7) is 8.31. The molecule has 0 unspecified atom stereocenters. The largest absolute Gasteiger partial charge is 0.376 e. The number of benzene rings is 1. The van der Waals surface area contributed by atoms with Crippen LogP contribution in [0, 0.1) is 12.8 Å². The van der Waals surface area contributed by atoms with Gasteiger partial charge in [0.2, 0.25) is 0 Å². The van der Waals surface area contributed by atoms with E-state index in [4.69, 9.17) is 19.7 Å². The number of nitrogens with zero attached hydrogens (tertiary/aromatic N) is 5. The molecular formula is C23H27N5O2. The van der Waals surface area contributed by atoms with Gasteiger partial charge in [0.1, 0.15) is 16.7 Å². The molecule has 7 nitrogen and oxygen atoms in total. The first kappa shape index (κ1) is 19.2. The summed E-state index contributed by atoms with van der Waals surface area (Å²) in [5.41, 5.74) is 3.59. The van der Waals surface area contributed by atoms with Gasteiger partial charge in [0.05, 0.1) is 23.7 Å². The van der Waals surface area contributed by atoms with E-state index in [-0.39, 0.29) is 11.7 Å². The van der Waals surface area contributed by atoms with Crippen LogP contribution in [0.5, 0.6) is 0 Å². The third-order valence-electron chi connectivity index (χ3n) is 5.98. The van der Waals surface area contributed by atoms with Crippen molar-refractivity contribution in [3.8, 4) is 0 Å². The Kier molecular flexibility index (Phi) is 4.77. The van der Waals surface area contributed by atoms with Gasteiger partial charge in [-0.25, -0.2) is 15.0 Å². The van der Waals surface area contributed by atoms with E-state index in [1.54, 1.807) is 4.57 Å². The normalized spacial score (nSPS) is 17.1. The minimum atomic E-state index is -0.0289. The number of hydrogen-bond acceptors (Lipinski definition) is 5. The van der Waals surface area contributed by atoms with Gasteiger partial charge in [0, 0.05) is 13.2 Å². The van der Waals surface area contributed by atoms with E-state index in [2.05, 4.69) is 13.8 Å². The van der Waals surface area contributed by atoms with Crippen LogP contribution in [0.1, 0.15) is 38.9 Å². The van der Waals surface area contributed by atoms with Crippen LogP contribution in [0.2, 0.25) is 0 Å². The van der Waals surface area contributed by atoms with Gasteiger partial charge in [-0.3, -0.25) is 9.36 Å². The zero-order valence-electron chi connectivity index (χ0n) is 17.8.